The summed E-state index contributed by atoms with van der Waals surface area (Å²) in [4.78, 5) is 26.2. The Morgan fingerprint density at radius 3 is 2.67 bits per heavy atom. The monoisotopic (exact) mass is 440 g/mol. The third-order valence-corrected chi connectivity index (χ3v) is 6.93. The molecule has 3 heterocycles. The molecular weight excluding hydrogens is 416 g/mol. The predicted octanol–water partition coefficient (Wildman–Crippen LogP) is 2.63. The maximum absolute atomic E-state index is 13.1. The van der Waals surface area contributed by atoms with Gasteiger partial charge in [0, 0.05) is 49.7 Å². The second-order valence-electron chi connectivity index (χ2n) is 8.89. The highest BCUT2D eigenvalue weighted by Gasteiger charge is 2.48. The molecule has 9 nitrogen and oxygen atoms in total. The molecule has 166 valence electrons. The quantitative estimate of drug-likeness (QED) is 0.615. The Morgan fingerprint density at radius 2 is 2.03 bits per heavy atom. The lowest BCUT2D eigenvalue weighted by Crippen LogP contribution is -2.58. The summed E-state index contributed by atoms with van der Waals surface area (Å²) in [6, 6.07) is 12.0. The second kappa shape index (κ2) is 7.86. The fourth-order valence-electron chi connectivity index (χ4n) is 4.87. The van der Waals surface area contributed by atoms with Crippen LogP contribution in [0.1, 0.15) is 31.9 Å². The highest BCUT2D eigenvalue weighted by Crippen LogP contribution is 2.42. The topological polar surface area (TPSA) is 115 Å². The lowest BCUT2D eigenvalue weighted by molar-refractivity contribution is -0.145. The molecule has 1 saturated heterocycles. The molecule has 0 radical (unpaired) electrons. The Labute approximate surface area is 191 Å². The number of hydrogen-bond donors (Lipinski definition) is 0. The number of anilines is 1. The molecule has 0 bridgehead atoms. The Balaban J connectivity index is 1.45. The third kappa shape index (κ3) is 3.28. The van der Waals surface area contributed by atoms with Gasteiger partial charge in [0.15, 0.2) is 0 Å². The molecule has 5 rings (SSSR count). The van der Waals surface area contributed by atoms with Gasteiger partial charge in [-0.1, -0.05) is 12.1 Å². The smallest absolute Gasteiger partial charge is 0.243 e. The molecule has 1 aliphatic carbocycles. The molecule has 0 N–H and O–H groups in total. The fourth-order valence-corrected chi connectivity index (χ4v) is 4.87. The molecule has 2 aliphatic rings. The Bertz CT molecular complexity index is 1330. The number of hydrogen-bond acceptors (Lipinski definition) is 7. The van der Waals surface area contributed by atoms with Crippen molar-refractivity contribution in [3.05, 3.63) is 36.3 Å². The molecule has 1 saturated carbocycles. The maximum Gasteiger partial charge on any atom is 0.243 e. The van der Waals surface area contributed by atoms with Crippen LogP contribution in [0.3, 0.4) is 0 Å². The Hall–Kier alpha value is -3.98. The normalized spacial score (nSPS) is 19.6. The van der Waals surface area contributed by atoms with E-state index in [0.717, 1.165) is 28.7 Å². The highest BCUT2D eigenvalue weighted by molar-refractivity contribution is 5.98. The van der Waals surface area contributed by atoms with Crippen molar-refractivity contribution in [1.82, 2.24) is 24.6 Å². The zero-order valence-corrected chi connectivity index (χ0v) is 18.7. The van der Waals surface area contributed by atoms with Crippen LogP contribution in [-0.2, 0) is 11.8 Å². The number of aromatic nitrogens is 4. The van der Waals surface area contributed by atoms with Gasteiger partial charge in [0.1, 0.15) is 29.3 Å². The van der Waals surface area contributed by atoms with E-state index in [1.54, 1.807) is 24.1 Å². The molecule has 3 aromatic rings. The molecule has 9 heteroatoms. The number of nitriles is 2. The Morgan fingerprint density at radius 1 is 1.21 bits per heavy atom. The van der Waals surface area contributed by atoms with Gasteiger partial charge in [0.05, 0.1) is 17.3 Å². The first-order chi connectivity index (χ1) is 16.0. The highest BCUT2D eigenvalue weighted by atomic mass is 16.2. The second-order valence-corrected chi connectivity index (χ2v) is 8.89. The average Bonchev–Trinajstić information content (AvgIpc) is 3.18. The van der Waals surface area contributed by atoms with Crippen molar-refractivity contribution in [1.29, 1.82) is 10.5 Å². The van der Waals surface area contributed by atoms with Crippen molar-refractivity contribution in [2.45, 2.75) is 32.2 Å². The number of fused-ring (bicyclic) bond motifs is 1. The zero-order valence-electron chi connectivity index (χ0n) is 18.7. The van der Waals surface area contributed by atoms with Crippen molar-refractivity contribution in [2.24, 2.45) is 12.5 Å². The minimum absolute atomic E-state index is 0.0262. The van der Waals surface area contributed by atoms with E-state index in [1.807, 2.05) is 30.0 Å². The molecule has 1 unspecified atom stereocenters. The molecule has 2 aromatic heterocycles. The first-order valence-electron chi connectivity index (χ1n) is 11.1. The van der Waals surface area contributed by atoms with Gasteiger partial charge in [-0.25, -0.2) is 9.97 Å². The molecule has 33 heavy (non-hydrogen) atoms. The maximum atomic E-state index is 13.1. The van der Waals surface area contributed by atoms with Gasteiger partial charge in [0.25, 0.3) is 0 Å². The summed E-state index contributed by atoms with van der Waals surface area (Å²) in [5.41, 5.74) is 1.96. The van der Waals surface area contributed by atoms with Gasteiger partial charge in [-0.05, 0) is 32.3 Å². The Kier molecular flexibility index (Phi) is 4.98. The molecule has 1 aliphatic heterocycles. The minimum Gasteiger partial charge on any atom is -0.352 e. The molecule has 1 aromatic carbocycles. The fraction of sp³-hybridized carbons (Fsp3) is 0.417. The summed E-state index contributed by atoms with van der Waals surface area (Å²) in [6.45, 7) is 3.85. The van der Waals surface area contributed by atoms with Crippen LogP contribution >= 0.6 is 0 Å². The van der Waals surface area contributed by atoms with Crippen molar-refractivity contribution < 1.29 is 4.79 Å². The largest absolute Gasteiger partial charge is 0.352 e. The summed E-state index contributed by atoms with van der Waals surface area (Å²) in [6.07, 6.45) is 3.82. The average molecular weight is 441 g/mol. The summed E-state index contributed by atoms with van der Waals surface area (Å²) in [5, 5.41) is 24.2. The van der Waals surface area contributed by atoms with E-state index < -0.39 is 5.41 Å². The van der Waals surface area contributed by atoms with Crippen LogP contribution in [0.5, 0.6) is 0 Å². The third-order valence-electron chi connectivity index (χ3n) is 6.93. The molecule has 0 spiro atoms. The van der Waals surface area contributed by atoms with Gasteiger partial charge in [-0.15, -0.1) is 0 Å². The van der Waals surface area contributed by atoms with Gasteiger partial charge in [-0.2, -0.15) is 15.6 Å². The van der Waals surface area contributed by atoms with Gasteiger partial charge in [0.2, 0.25) is 5.91 Å². The number of nitrogens with zero attached hydrogens (tertiary/aromatic N) is 8. The number of rotatable bonds is 3. The predicted molar refractivity (Wildman–Crippen MR) is 122 cm³/mol. The molecule has 1 amide bonds. The van der Waals surface area contributed by atoms with E-state index >= 15 is 0 Å². The number of carbonyl (C=O) groups is 1. The lowest BCUT2D eigenvalue weighted by Gasteiger charge is -2.45. The van der Waals surface area contributed by atoms with E-state index in [0.29, 0.717) is 43.9 Å². The first kappa shape index (κ1) is 20.9. The summed E-state index contributed by atoms with van der Waals surface area (Å²) in [7, 11) is 1.75. The van der Waals surface area contributed by atoms with Crippen molar-refractivity contribution in [3.63, 3.8) is 0 Å². The van der Waals surface area contributed by atoms with Crippen molar-refractivity contribution in [2.75, 3.05) is 24.5 Å². The summed E-state index contributed by atoms with van der Waals surface area (Å²) >= 11 is 0. The van der Waals surface area contributed by atoms with Crippen LogP contribution < -0.4 is 4.90 Å². The number of para-hydroxylation sites is 1. The molecular formula is C24H24N8O. The van der Waals surface area contributed by atoms with Crippen molar-refractivity contribution in [3.8, 4) is 23.4 Å². The van der Waals surface area contributed by atoms with Crippen LogP contribution in [0.15, 0.2) is 30.6 Å². The van der Waals surface area contributed by atoms with Crippen LogP contribution in [0.4, 0.5) is 5.82 Å². The van der Waals surface area contributed by atoms with Crippen LogP contribution in [0, 0.1) is 28.1 Å². The van der Waals surface area contributed by atoms with Crippen LogP contribution in [-0.4, -0.2) is 56.2 Å². The number of amides is 1. The zero-order chi connectivity index (χ0) is 23.2. The number of benzene rings is 1. The SMILES string of the molecule is CC1CN(c2ncnc3c(-c4cc(C#N)n(C)n4)cccc23)CCN1C(=O)C1(C#N)CCC1. The van der Waals surface area contributed by atoms with Crippen LogP contribution in [0.2, 0.25) is 0 Å². The van der Waals surface area contributed by atoms with E-state index in [4.69, 9.17) is 0 Å². The van der Waals surface area contributed by atoms with E-state index in [2.05, 4.69) is 32.1 Å². The molecule has 2 fully saturated rings. The number of piperazine rings is 1. The van der Waals surface area contributed by atoms with E-state index in [1.165, 1.54) is 0 Å². The van der Waals surface area contributed by atoms with Gasteiger partial charge < -0.3 is 9.80 Å². The van der Waals surface area contributed by atoms with Gasteiger partial charge in [-0.3, -0.25) is 9.48 Å². The number of aryl methyl sites for hydroxylation is 1. The molecule has 1 atom stereocenters. The van der Waals surface area contributed by atoms with E-state index in [9.17, 15) is 15.3 Å². The minimum atomic E-state index is -0.822. The standard InChI is InChI=1S/C24H24N8O/c1-16-13-31(9-10-32(16)23(33)24(14-26)7-4-8-24)22-19-6-3-5-18(21(19)27-15-28-22)20-11-17(12-25)30(2)29-20/h3,5-6,11,15-16H,4,7-10,13H2,1-2H3. The summed E-state index contributed by atoms with van der Waals surface area (Å²) in [5.74, 6) is 0.789. The van der Waals surface area contributed by atoms with Crippen LogP contribution in [0.25, 0.3) is 22.2 Å². The number of carbonyl (C=O) groups excluding carboxylic acids is 1. The lowest BCUT2D eigenvalue weighted by atomic mass is 9.68. The van der Waals surface area contributed by atoms with Gasteiger partial charge >= 0.3 is 0 Å². The van der Waals surface area contributed by atoms with E-state index in [-0.39, 0.29) is 11.9 Å². The van der Waals surface area contributed by atoms with Crippen molar-refractivity contribution >= 4 is 22.6 Å². The summed E-state index contributed by atoms with van der Waals surface area (Å²) < 4.78 is 1.56. The first-order valence-corrected chi connectivity index (χ1v) is 11.1.